The van der Waals surface area contributed by atoms with Crippen LogP contribution >= 0.6 is 0 Å². The smallest absolute Gasteiger partial charge is 0.352 e. The minimum Gasteiger partial charge on any atom is -0.497 e. The van der Waals surface area contributed by atoms with E-state index in [1.165, 1.54) is 14.2 Å². The molecule has 0 aliphatic carbocycles. The largest absolute Gasteiger partial charge is 0.497 e. The molecule has 0 N–H and O–H groups in total. The fourth-order valence-corrected chi connectivity index (χ4v) is 5.28. The fourth-order valence-electron chi connectivity index (χ4n) is 5.28. The van der Waals surface area contributed by atoms with Gasteiger partial charge in [0.15, 0.2) is 0 Å². The van der Waals surface area contributed by atoms with E-state index >= 15 is 0 Å². The van der Waals surface area contributed by atoms with E-state index in [-0.39, 0.29) is 0 Å². The molecule has 0 spiro atoms. The lowest BCUT2D eigenvalue weighted by Gasteiger charge is -2.35. The number of likely N-dealkylation sites (N-methyl/N-ethyl adjacent to an activating group) is 1. The minimum absolute atomic E-state index is 0.605. The van der Waals surface area contributed by atoms with Crippen LogP contribution < -0.4 is 9.64 Å². The molecule has 1 fully saturated rings. The first-order chi connectivity index (χ1) is 14.7. The highest BCUT2D eigenvalue weighted by molar-refractivity contribution is 6.07. The van der Waals surface area contributed by atoms with E-state index in [1.54, 1.807) is 7.11 Å². The topological polar surface area (TPSA) is 74.3 Å². The number of benzene rings is 2. The van der Waals surface area contributed by atoms with Gasteiger partial charge in [-0.05, 0) is 36.2 Å². The number of rotatable bonds is 4. The van der Waals surface area contributed by atoms with E-state index in [4.69, 9.17) is 18.9 Å². The maximum Gasteiger partial charge on any atom is 0.352 e. The second-order valence-electron chi connectivity index (χ2n) is 8.31. The Kier molecular flexibility index (Phi) is 4.97. The van der Waals surface area contributed by atoms with Crippen LogP contribution in [0.15, 0.2) is 42.5 Å². The van der Waals surface area contributed by atoms with Crippen LogP contribution in [0.5, 0.6) is 5.75 Å². The molecule has 164 valence electrons. The fraction of sp³-hybridized carbons (Fsp3) is 0.417. The van der Waals surface area contributed by atoms with Gasteiger partial charge in [-0.25, -0.2) is 9.59 Å². The van der Waals surface area contributed by atoms with Gasteiger partial charge in [0.1, 0.15) is 5.75 Å². The average Bonchev–Trinajstić information content (AvgIpc) is 3.20. The molecule has 3 atom stereocenters. The van der Waals surface area contributed by atoms with Crippen LogP contribution in [0.3, 0.4) is 0 Å². The van der Waals surface area contributed by atoms with Crippen molar-refractivity contribution in [2.45, 2.75) is 37.0 Å². The first-order valence-electron chi connectivity index (χ1n) is 10.1. The van der Waals surface area contributed by atoms with Gasteiger partial charge in [-0.15, -0.1) is 0 Å². The van der Waals surface area contributed by atoms with Crippen LogP contribution in [0.4, 0.5) is 5.69 Å². The Hall–Kier alpha value is -3.06. The predicted octanol–water partition coefficient (Wildman–Crippen LogP) is 2.94. The van der Waals surface area contributed by atoms with Gasteiger partial charge in [-0.2, -0.15) is 0 Å². The summed E-state index contributed by atoms with van der Waals surface area (Å²) in [6.45, 7) is 4.01. The number of anilines is 1. The summed E-state index contributed by atoms with van der Waals surface area (Å²) in [4.78, 5) is 28.3. The van der Waals surface area contributed by atoms with Crippen molar-refractivity contribution >= 4 is 17.6 Å². The number of fused-ring (bicyclic) bond motifs is 3. The average molecular weight is 425 g/mol. The summed E-state index contributed by atoms with van der Waals surface area (Å²) < 4.78 is 22.1. The third-order valence-corrected chi connectivity index (χ3v) is 6.71. The van der Waals surface area contributed by atoms with Crippen molar-refractivity contribution in [2.75, 3.05) is 33.3 Å². The van der Waals surface area contributed by atoms with Crippen molar-refractivity contribution in [3.63, 3.8) is 0 Å². The van der Waals surface area contributed by atoms with Crippen molar-refractivity contribution in [3.05, 3.63) is 59.2 Å². The van der Waals surface area contributed by atoms with Crippen LogP contribution in [0, 0.1) is 6.92 Å². The van der Waals surface area contributed by atoms with E-state index in [1.807, 2.05) is 68.3 Å². The molecule has 0 radical (unpaired) electrons. The molecule has 0 bridgehead atoms. The first-order valence-corrected chi connectivity index (χ1v) is 10.1. The molecule has 3 unspecified atom stereocenters. The maximum absolute atomic E-state index is 13.2. The van der Waals surface area contributed by atoms with Gasteiger partial charge in [0.25, 0.3) is 5.60 Å². The SMILES string of the molecule is COC(=O)C1(C(=O)OC)OC(c2ccc(C)cc2)C2(C)c3cc(OC)ccc3N(C)C12. The highest BCUT2D eigenvalue weighted by Gasteiger charge is 2.75. The summed E-state index contributed by atoms with van der Waals surface area (Å²) in [5.74, 6) is -0.876. The van der Waals surface area contributed by atoms with E-state index in [0.29, 0.717) is 5.75 Å². The van der Waals surface area contributed by atoms with Gasteiger partial charge in [-0.3, -0.25) is 0 Å². The predicted molar refractivity (Wildman–Crippen MR) is 114 cm³/mol. The van der Waals surface area contributed by atoms with Crippen molar-refractivity contribution < 1.29 is 28.5 Å². The maximum atomic E-state index is 13.2. The van der Waals surface area contributed by atoms with Crippen LogP contribution in [-0.4, -0.2) is 52.0 Å². The van der Waals surface area contributed by atoms with Crippen LogP contribution in [0.1, 0.15) is 29.7 Å². The molecule has 7 heteroatoms. The highest BCUT2D eigenvalue weighted by Crippen LogP contribution is 2.62. The number of carbonyl (C=O) groups excluding carboxylic acids is 2. The quantitative estimate of drug-likeness (QED) is 0.551. The number of ether oxygens (including phenoxy) is 4. The third-order valence-electron chi connectivity index (χ3n) is 6.71. The van der Waals surface area contributed by atoms with Gasteiger partial charge >= 0.3 is 11.9 Å². The van der Waals surface area contributed by atoms with Crippen molar-refractivity contribution in [2.24, 2.45) is 0 Å². The number of esters is 2. The number of aryl methyl sites for hydroxylation is 1. The Balaban J connectivity index is 2.02. The molecule has 0 saturated carbocycles. The molecular formula is C24H27NO6. The normalized spacial score (nSPS) is 25.5. The summed E-state index contributed by atoms with van der Waals surface area (Å²) in [6.07, 6.45) is -0.605. The number of hydrogen-bond donors (Lipinski definition) is 0. The second kappa shape index (κ2) is 7.27. The van der Waals surface area contributed by atoms with Crippen molar-refractivity contribution in [1.82, 2.24) is 0 Å². The Morgan fingerprint density at radius 1 is 1.00 bits per heavy atom. The summed E-state index contributed by atoms with van der Waals surface area (Å²) >= 11 is 0. The van der Waals surface area contributed by atoms with Crippen molar-refractivity contribution in [1.29, 1.82) is 0 Å². The highest BCUT2D eigenvalue weighted by atomic mass is 16.6. The first kappa shape index (κ1) is 21.2. The summed E-state index contributed by atoms with van der Waals surface area (Å²) in [5, 5.41) is 0. The number of carbonyl (C=O) groups is 2. The molecule has 2 aliphatic heterocycles. The number of methoxy groups -OCH3 is 3. The molecule has 2 aliphatic rings. The van der Waals surface area contributed by atoms with Gasteiger partial charge in [0, 0.05) is 18.2 Å². The van der Waals surface area contributed by atoms with Gasteiger partial charge in [0.2, 0.25) is 0 Å². The molecule has 2 aromatic rings. The summed E-state index contributed by atoms with van der Waals surface area (Å²) in [6, 6.07) is 12.9. The molecule has 2 heterocycles. The Bertz CT molecular complexity index is 1020. The van der Waals surface area contributed by atoms with Crippen LogP contribution in [-0.2, 0) is 29.2 Å². The third kappa shape index (κ3) is 2.69. The molecule has 0 aromatic heterocycles. The molecule has 2 aromatic carbocycles. The lowest BCUT2D eigenvalue weighted by Crippen LogP contribution is -2.62. The molecule has 1 saturated heterocycles. The molecule has 7 nitrogen and oxygen atoms in total. The zero-order valence-corrected chi connectivity index (χ0v) is 18.6. The van der Waals surface area contributed by atoms with E-state index in [9.17, 15) is 9.59 Å². The molecule has 0 amide bonds. The van der Waals surface area contributed by atoms with Gasteiger partial charge in [0.05, 0.1) is 33.5 Å². The molecule has 31 heavy (non-hydrogen) atoms. The van der Waals surface area contributed by atoms with Crippen molar-refractivity contribution in [3.8, 4) is 5.75 Å². The lowest BCUT2D eigenvalue weighted by atomic mass is 9.69. The number of hydrogen-bond acceptors (Lipinski definition) is 7. The molecule has 4 rings (SSSR count). The van der Waals surface area contributed by atoms with Crippen LogP contribution in [0.2, 0.25) is 0 Å². The van der Waals surface area contributed by atoms with E-state index < -0.39 is 35.1 Å². The number of nitrogens with zero attached hydrogens (tertiary/aromatic N) is 1. The second-order valence-corrected chi connectivity index (χ2v) is 8.31. The van der Waals surface area contributed by atoms with Gasteiger partial charge < -0.3 is 23.8 Å². The van der Waals surface area contributed by atoms with Crippen LogP contribution in [0.25, 0.3) is 0 Å². The Labute approximate surface area is 181 Å². The standard InChI is InChI=1S/C24H27NO6/c1-14-7-9-15(10-8-14)19-23(2)17-13-16(28-4)11-12-18(17)25(3)20(23)24(31-19,21(26)29-5)22(27)30-6/h7-13,19-20H,1-6H3. The summed E-state index contributed by atoms with van der Waals surface area (Å²) in [7, 11) is 5.95. The minimum atomic E-state index is -1.95. The lowest BCUT2D eigenvalue weighted by molar-refractivity contribution is -0.187. The van der Waals surface area contributed by atoms with E-state index in [0.717, 1.165) is 22.4 Å². The van der Waals surface area contributed by atoms with E-state index in [2.05, 4.69) is 0 Å². The summed E-state index contributed by atoms with van der Waals surface area (Å²) in [5.41, 5.74) is 1.06. The molecular weight excluding hydrogens is 398 g/mol. The Morgan fingerprint density at radius 3 is 2.16 bits per heavy atom. The monoisotopic (exact) mass is 425 g/mol. The van der Waals surface area contributed by atoms with Gasteiger partial charge in [-0.1, -0.05) is 36.8 Å². The zero-order chi connectivity index (χ0) is 22.6. The zero-order valence-electron chi connectivity index (χ0n) is 18.6. The Morgan fingerprint density at radius 2 is 1.61 bits per heavy atom.